The Bertz CT molecular complexity index is 1150. The number of aromatic nitrogens is 2. The molecule has 1 spiro atoms. The summed E-state index contributed by atoms with van der Waals surface area (Å²) in [7, 11) is 2.16. The third-order valence-electron chi connectivity index (χ3n) is 9.48. The summed E-state index contributed by atoms with van der Waals surface area (Å²) in [5.74, 6) is 1.26. The molecule has 7 rings (SSSR count). The minimum Gasteiger partial charge on any atom is -0.381 e. The fraction of sp³-hybridized carbons (Fsp3) is 0.679. The van der Waals surface area contributed by atoms with Gasteiger partial charge in [0, 0.05) is 74.9 Å². The fourth-order valence-corrected chi connectivity index (χ4v) is 7.42. The number of nitrogens with one attached hydrogen (secondary N) is 1. The highest BCUT2D eigenvalue weighted by atomic mass is 19.3. The first-order valence-electron chi connectivity index (χ1n) is 13.8. The zero-order chi connectivity index (χ0) is 24.4. The first-order valence-corrected chi connectivity index (χ1v) is 13.8. The molecule has 1 aliphatic carbocycles. The van der Waals surface area contributed by atoms with E-state index in [1.165, 1.54) is 16.8 Å². The minimum atomic E-state index is -2.45. The van der Waals surface area contributed by atoms with Gasteiger partial charge in [-0.25, -0.2) is 8.78 Å². The van der Waals surface area contributed by atoms with E-state index >= 15 is 0 Å². The number of nitrogens with zero attached hydrogens (tertiary/aromatic N) is 4. The second-order valence-corrected chi connectivity index (χ2v) is 11.9. The fourth-order valence-electron chi connectivity index (χ4n) is 7.42. The molecule has 5 heterocycles. The predicted molar refractivity (Wildman–Crippen MR) is 135 cm³/mol. The molecule has 0 bridgehead atoms. The largest absolute Gasteiger partial charge is 0.381 e. The van der Waals surface area contributed by atoms with E-state index in [2.05, 4.69) is 32.9 Å². The van der Waals surface area contributed by atoms with Crippen molar-refractivity contribution < 1.29 is 13.5 Å². The number of alkyl halides is 2. The van der Waals surface area contributed by atoms with Crippen LogP contribution in [0.15, 0.2) is 12.1 Å². The molecule has 2 saturated heterocycles. The molecule has 1 aromatic carbocycles. The molecule has 5 aliphatic rings. The van der Waals surface area contributed by atoms with Gasteiger partial charge >= 0.3 is 0 Å². The van der Waals surface area contributed by atoms with Gasteiger partial charge in [-0.1, -0.05) is 6.07 Å². The lowest BCUT2D eigenvalue weighted by atomic mass is 9.56. The molecule has 4 aliphatic heterocycles. The van der Waals surface area contributed by atoms with Crippen LogP contribution in [0.5, 0.6) is 0 Å². The highest BCUT2D eigenvalue weighted by molar-refractivity contribution is 5.70. The van der Waals surface area contributed by atoms with E-state index < -0.39 is 6.43 Å². The number of rotatable bonds is 4. The van der Waals surface area contributed by atoms with Crippen molar-refractivity contribution in [2.24, 2.45) is 5.41 Å². The van der Waals surface area contributed by atoms with Crippen LogP contribution >= 0.6 is 0 Å². The molecule has 194 valence electrons. The Kier molecular flexibility index (Phi) is 5.63. The molecule has 0 atom stereocenters. The van der Waals surface area contributed by atoms with Crippen LogP contribution in [0.1, 0.15) is 78.4 Å². The number of anilines is 2. The van der Waals surface area contributed by atoms with Crippen LogP contribution in [0, 0.1) is 5.41 Å². The van der Waals surface area contributed by atoms with Crippen molar-refractivity contribution in [1.29, 1.82) is 0 Å². The SMILES string of the molecule is CN1CCc2c(c(N3CCCc4cc(C5CC6(CNC6)C5)c(C(F)F)cc43)nn2C2CCOCC2)C1. The van der Waals surface area contributed by atoms with Crippen molar-refractivity contribution >= 4 is 11.5 Å². The van der Waals surface area contributed by atoms with Crippen molar-refractivity contribution in [3.8, 4) is 0 Å². The number of likely N-dealkylation sites (N-methyl/N-ethyl adjacent to an activating group) is 1. The Hall–Kier alpha value is -2.03. The van der Waals surface area contributed by atoms with Crippen molar-refractivity contribution in [2.75, 3.05) is 51.3 Å². The Morgan fingerprint density at radius 2 is 1.92 bits per heavy atom. The van der Waals surface area contributed by atoms with Crippen LogP contribution in [0.4, 0.5) is 20.3 Å². The first-order chi connectivity index (χ1) is 17.5. The van der Waals surface area contributed by atoms with Gasteiger partial charge < -0.3 is 19.9 Å². The Balaban J connectivity index is 1.28. The van der Waals surface area contributed by atoms with Crippen LogP contribution < -0.4 is 10.2 Å². The van der Waals surface area contributed by atoms with E-state index in [1.807, 2.05) is 6.07 Å². The maximum absolute atomic E-state index is 14.4. The van der Waals surface area contributed by atoms with E-state index in [9.17, 15) is 8.78 Å². The maximum Gasteiger partial charge on any atom is 0.264 e. The average molecular weight is 498 g/mol. The van der Waals surface area contributed by atoms with Crippen molar-refractivity contribution in [2.45, 2.75) is 69.9 Å². The second kappa shape index (κ2) is 8.77. The summed E-state index contributed by atoms with van der Waals surface area (Å²) < 4.78 is 36.8. The molecule has 8 heteroatoms. The van der Waals surface area contributed by atoms with Crippen molar-refractivity contribution in [1.82, 2.24) is 20.0 Å². The number of hydrogen-bond donors (Lipinski definition) is 1. The van der Waals surface area contributed by atoms with Crippen LogP contribution in [0.2, 0.25) is 0 Å². The normalized spacial score (nSPS) is 24.5. The molecular weight excluding hydrogens is 460 g/mol. The monoisotopic (exact) mass is 497 g/mol. The van der Waals surface area contributed by atoms with Gasteiger partial charge in [-0.05, 0) is 74.1 Å². The molecule has 1 aromatic heterocycles. The molecule has 1 N–H and O–H groups in total. The van der Waals surface area contributed by atoms with Gasteiger partial charge in [0.05, 0.1) is 6.04 Å². The summed E-state index contributed by atoms with van der Waals surface area (Å²) in [6.45, 7) is 6.35. The molecule has 0 unspecified atom stereocenters. The number of hydrogen-bond acceptors (Lipinski definition) is 5. The van der Waals surface area contributed by atoms with E-state index in [0.29, 0.717) is 11.5 Å². The Morgan fingerprint density at radius 3 is 2.64 bits per heavy atom. The number of halogens is 2. The summed E-state index contributed by atoms with van der Waals surface area (Å²) in [6.07, 6.45) is 4.54. The van der Waals surface area contributed by atoms with Crippen LogP contribution in [0.25, 0.3) is 0 Å². The molecule has 36 heavy (non-hydrogen) atoms. The number of benzene rings is 1. The zero-order valence-electron chi connectivity index (χ0n) is 21.2. The van der Waals surface area contributed by atoms with E-state index in [4.69, 9.17) is 9.84 Å². The standard InChI is InChI=1S/C28H37F2N5O/c1-33-8-4-24-23(15-33)27(32-35(24)20-5-9-36-10-6-20)34-7-2-3-18-11-21(22(26(29)30)12-25(18)34)19-13-28(14-19)16-31-17-28/h11-12,19-20,26,31H,2-10,13-17H2,1H3. The number of aryl methyl sites for hydroxylation is 1. The summed E-state index contributed by atoms with van der Waals surface area (Å²) in [5, 5.41) is 8.60. The predicted octanol–water partition coefficient (Wildman–Crippen LogP) is 4.71. The number of fused-ring (bicyclic) bond motifs is 2. The van der Waals surface area contributed by atoms with Crippen LogP contribution in [-0.4, -0.2) is 61.1 Å². The van der Waals surface area contributed by atoms with E-state index in [-0.39, 0.29) is 11.5 Å². The summed E-state index contributed by atoms with van der Waals surface area (Å²) in [4.78, 5) is 4.61. The van der Waals surface area contributed by atoms with Crippen LogP contribution in [0.3, 0.4) is 0 Å². The Morgan fingerprint density at radius 1 is 1.11 bits per heavy atom. The van der Waals surface area contributed by atoms with Gasteiger partial charge in [0.25, 0.3) is 6.43 Å². The van der Waals surface area contributed by atoms with E-state index in [0.717, 1.165) is 108 Å². The summed E-state index contributed by atoms with van der Waals surface area (Å²) in [5.41, 5.74) is 6.29. The molecule has 3 fully saturated rings. The van der Waals surface area contributed by atoms with Crippen molar-refractivity contribution in [3.63, 3.8) is 0 Å². The summed E-state index contributed by atoms with van der Waals surface area (Å²) in [6, 6.07) is 4.32. The highest BCUT2D eigenvalue weighted by Gasteiger charge is 2.49. The van der Waals surface area contributed by atoms with Gasteiger partial charge in [-0.15, -0.1) is 0 Å². The van der Waals surface area contributed by atoms with Gasteiger partial charge in [-0.3, -0.25) is 4.68 Å². The maximum atomic E-state index is 14.4. The second-order valence-electron chi connectivity index (χ2n) is 11.9. The smallest absolute Gasteiger partial charge is 0.264 e. The lowest BCUT2D eigenvalue weighted by Crippen LogP contribution is -2.59. The van der Waals surface area contributed by atoms with Gasteiger partial charge in [0.1, 0.15) is 0 Å². The lowest BCUT2D eigenvalue weighted by Gasteiger charge is -2.55. The molecule has 6 nitrogen and oxygen atoms in total. The van der Waals surface area contributed by atoms with Crippen LogP contribution in [-0.2, 0) is 24.1 Å². The lowest BCUT2D eigenvalue weighted by molar-refractivity contribution is 0.0343. The molecule has 0 amide bonds. The molecule has 2 aromatic rings. The zero-order valence-corrected chi connectivity index (χ0v) is 21.2. The van der Waals surface area contributed by atoms with Gasteiger partial charge in [0.2, 0.25) is 0 Å². The average Bonchev–Trinajstić information content (AvgIpc) is 3.20. The minimum absolute atomic E-state index is 0.239. The first kappa shape index (κ1) is 23.1. The number of ether oxygens (including phenoxy) is 1. The molecule has 0 radical (unpaired) electrons. The molecular formula is C28H37F2N5O. The van der Waals surface area contributed by atoms with Gasteiger partial charge in [0.15, 0.2) is 5.82 Å². The third-order valence-corrected chi connectivity index (χ3v) is 9.48. The third kappa shape index (κ3) is 3.71. The Labute approximate surface area is 212 Å². The molecule has 1 saturated carbocycles. The quantitative estimate of drug-likeness (QED) is 0.663. The summed E-state index contributed by atoms with van der Waals surface area (Å²) >= 11 is 0. The topological polar surface area (TPSA) is 45.6 Å². The van der Waals surface area contributed by atoms with E-state index in [1.54, 1.807) is 0 Å². The van der Waals surface area contributed by atoms with Crippen molar-refractivity contribution in [3.05, 3.63) is 40.1 Å². The highest BCUT2D eigenvalue weighted by Crippen LogP contribution is 2.55. The van der Waals surface area contributed by atoms with Gasteiger partial charge in [-0.2, -0.15) is 5.10 Å².